The molecule has 34 heavy (non-hydrogen) atoms. The normalized spacial score (nSPS) is 17.5. The Morgan fingerprint density at radius 3 is 2.85 bits per heavy atom. The quantitative estimate of drug-likeness (QED) is 0.319. The van der Waals surface area contributed by atoms with E-state index >= 15 is 0 Å². The number of carbonyl (C=O) groups is 1. The number of aryl methyl sites for hydroxylation is 2. The third-order valence-electron chi connectivity index (χ3n) is 6.24. The van der Waals surface area contributed by atoms with E-state index in [0.29, 0.717) is 35.6 Å². The van der Waals surface area contributed by atoms with Crippen molar-refractivity contribution in [3.8, 4) is 17.1 Å². The van der Waals surface area contributed by atoms with Crippen LogP contribution in [0.3, 0.4) is 0 Å². The van der Waals surface area contributed by atoms with Gasteiger partial charge in [-0.15, -0.1) is 0 Å². The van der Waals surface area contributed by atoms with E-state index in [1.54, 1.807) is 23.0 Å². The van der Waals surface area contributed by atoms with Gasteiger partial charge in [-0.2, -0.15) is 5.10 Å². The van der Waals surface area contributed by atoms with Crippen LogP contribution >= 0.6 is 15.9 Å². The van der Waals surface area contributed by atoms with Crippen molar-refractivity contribution < 1.29 is 14.3 Å². The number of benzene rings is 1. The smallest absolute Gasteiger partial charge is 0.337 e. The average molecular weight is 528 g/mol. The molecule has 2 aromatic heterocycles. The third kappa shape index (κ3) is 5.52. The van der Waals surface area contributed by atoms with Crippen LogP contribution in [0.1, 0.15) is 35.3 Å². The third-order valence-corrected chi connectivity index (χ3v) is 6.73. The second-order valence-corrected chi connectivity index (χ2v) is 9.75. The summed E-state index contributed by atoms with van der Waals surface area (Å²) in [7, 11) is 3.22. The molecule has 1 saturated carbocycles. The summed E-state index contributed by atoms with van der Waals surface area (Å²) in [5.41, 5.74) is 10.4. The summed E-state index contributed by atoms with van der Waals surface area (Å²) in [5.74, 6) is 1.29. The van der Waals surface area contributed by atoms with Gasteiger partial charge in [-0.25, -0.2) is 9.48 Å². The van der Waals surface area contributed by atoms with E-state index in [-0.39, 0.29) is 0 Å². The van der Waals surface area contributed by atoms with Crippen LogP contribution in [0.4, 0.5) is 11.4 Å². The number of nitrogens with one attached hydrogen (secondary N) is 1. The first-order valence-electron chi connectivity index (χ1n) is 11.3. The molecule has 2 atom stereocenters. The topological polar surface area (TPSA) is 104 Å². The Morgan fingerprint density at radius 2 is 2.06 bits per heavy atom. The molecule has 1 unspecified atom stereocenters. The standard InChI is InChI=1S/C25H30BrN5O3/c1-15-8-18(25(32)33-3)10-22(30-15)20-13-29-31(2)24(20)34-14-17-5-4-16(9-17)12-28-23-11-19(26)6-7-21(23)27/h6-8,10-11,13,16-17,28H,4-5,9,12,14,27H2,1-3H3/t16-,17?/m1/s1. The average Bonchev–Trinajstić information content (AvgIpc) is 3.43. The number of hydrogen-bond donors (Lipinski definition) is 2. The van der Waals surface area contributed by atoms with E-state index in [4.69, 9.17) is 15.2 Å². The van der Waals surface area contributed by atoms with Gasteiger partial charge >= 0.3 is 5.97 Å². The fourth-order valence-corrected chi connectivity index (χ4v) is 4.82. The minimum atomic E-state index is -0.395. The van der Waals surface area contributed by atoms with E-state index in [2.05, 4.69) is 31.3 Å². The number of rotatable bonds is 8. The van der Waals surface area contributed by atoms with Crippen LogP contribution in [0.15, 0.2) is 41.0 Å². The van der Waals surface area contributed by atoms with Crippen LogP contribution in [0.25, 0.3) is 11.3 Å². The van der Waals surface area contributed by atoms with Crippen LogP contribution < -0.4 is 15.8 Å². The molecular formula is C25H30BrN5O3. The lowest BCUT2D eigenvalue weighted by Gasteiger charge is -2.16. The fraction of sp³-hybridized carbons (Fsp3) is 0.400. The highest BCUT2D eigenvalue weighted by molar-refractivity contribution is 9.10. The van der Waals surface area contributed by atoms with Gasteiger partial charge in [0.05, 0.1) is 48.1 Å². The lowest BCUT2D eigenvalue weighted by molar-refractivity contribution is 0.0600. The number of ether oxygens (including phenoxy) is 2. The zero-order chi connectivity index (χ0) is 24.2. The van der Waals surface area contributed by atoms with Gasteiger partial charge in [0.15, 0.2) is 0 Å². The molecule has 0 radical (unpaired) electrons. The van der Waals surface area contributed by atoms with E-state index in [1.165, 1.54) is 7.11 Å². The van der Waals surface area contributed by atoms with Gasteiger partial charge in [0.1, 0.15) is 0 Å². The summed E-state index contributed by atoms with van der Waals surface area (Å²) in [6.45, 7) is 3.34. The molecular weight excluding hydrogens is 498 g/mol. The molecule has 0 aliphatic heterocycles. The van der Waals surface area contributed by atoms with Crippen LogP contribution in [-0.2, 0) is 11.8 Å². The van der Waals surface area contributed by atoms with Crippen molar-refractivity contribution in [1.82, 2.24) is 14.8 Å². The van der Waals surface area contributed by atoms with Gasteiger partial charge < -0.3 is 20.5 Å². The highest BCUT2D eigenvalue weighted by Crippen LogP contribution is 2.34. The summed E-state index contributed by atoms with van der Waals surface area (Å²) in [5, 5.41) is 7.86. The van der Waals surface area contributed by atoms with Gasteiger partial charge in [-0.3, -0.25) is 4.98 Å². The number of halogens is 1. The molecule has 1 aromatic carbocycles. The van der Waals surface area contributed by atoms with Crippen LogP contribution in [0, 0.1) is 18.8 Å². The van der Waals surface area contributed by atoms with Crippen molar-refractivity contribution in [3.63, 3.8) is 0 Å². The highest BCUT2D eigenvalue weighted by Gasteiger charge is 2.26. The maximum Gasteiger partial charge on any atom is 0.337 e. The number of anilines is 2. The number of hydrogen-bond acceptors (Lipinski definition) is 7. The van der Waals surface area contributed by atoms with Crippen molar-refractivity contribution in [3.05, 3.63) is 52.3 Å². The molecule has 1 aliphatic rings. The maximum atomic E-state index is 12.0. The molecule has 3 N–H and O–H groups in total. The lowest BCUT2D eigenvalue weighted by atomic mass is 10.1. The summed E-state index contributed by atoms with van der Waals surface area (Å²) in [4.78, 5) is 16.6. The van der Waals surface area contributed by atoms with Gasteiger partial charge in [0.2, 0.25) is 5.88 Å². The highest BCUT2D eigenvalue weighted by atomic mass is 79.9. The molecule has 0 bridgehead atoms. The first kappa shape index (κ1) is 24.1. The number of methoxy groups -OCH3 is 1. The molecule has 0 saturated heterocycles. The van der Waals surface area contributed by atoms with E-state index in [1.807, 2.05) is 32.2 Å². The first-order chi connectivity index (χ1) is 16.3. The summed E-state index contributed by atoms with van der Waals surface area (Å²) < 4.78 is 13.8. The van der Waals surface area contributed by atoms with Gasteiger partial charge in [0, 0.05) is 23.8 Å². The molecule has 2 heterocycles. The number of pyridine rings is 1. The Bertz CT molecular complexity index is 1180. The Labute approximate surface area is 208 Å². The second-order valence-electron chi connectivity index (χ2n) is 8.83. The van der Waals surface area contributed by atoms with Crippen molar-refractivity contribution in [2.24, 2.45) is 18.9 Å². The molecule has 4 rings (SSSR count). The molecule has 180 valence electrons. The number of carbonyl (C=O) groups excluding carboxylic acids is 1. The lowest BCUT2D eigenvalue weighted by Crippen LogP contribution is -2.15. The summed E-state index contributed by atoms with van der Waals surface area (Å²) in [6, 6.07) is 9.28. The molecule has 0 amide bonds. The van der Waals surface area contributed by atoms with Crippen molar-refractivity contribution in [1.29, 1.82) is 0 Å². The molecule has 0 spiro atoms. The number of nitrogens with zero attached hydrogens (tertiary/aromatic N) is 3. The minimum Gasteiger partial charge on any atom is -0.477 e. The van der Waals surface area contributed by atoms with Gasteiger partial charge in [0.25, 0.3) is 0 Å². The van der Waals surface area contributed by atoms with Crippen molar-refractivity contribution in [2.75, 3.05) is 31.3 Å². The molecule has 8 nitrogen and oxygen atoms in total. The van der Waals surface area contributed by atoms with Gasteiger partial charge in [-0.1, -0.05) is 15.9 Å². The maximum absolute atomic E-state index is 12.0. The Morgan fingerprint density at radius 1 is 1.26 bits per heavy atom. The molecule has 1 aliphatic carbocycles. The van der Waals surface area contributed by atoms with Gasteiger partial charge in [-0.05, 0) is 68.4 Å². The first-order valence-corrected chi connectivity index (χ1v) is 12.1. The van der Waals surface area contributed by atoms with Crippen LogP contribution in [0.2, 0.25) is 0 Å². The minimum absolute atomic E-state index is 0.395. The Kier molecular flexibility index (Phi) is 7.41. The van der Waals surface area contributed by atoms with Crippen molar-refractivity contribution >= 4 is 33.3 Å². The van der Waals surface area contributed by atoms with Crippen molar-refractivity contribution in [2.45, 2.75) is 26.2 Å². The number of aromatic nitrogens is 3. The van der Waals surface area contributed by atoms with E-state index < -0.39 is 5.97 Å². The second kappa shape index (κ2) is 10.5. The van der Waals surface area contributed by atoms with E-state index in [0.717, 1.165) is 52.9 Å². The SMILES string of the molecule is COC(=O)c1cc(C)nc(-c2cnn(C)c2OCC2CC[C@@H](CNc3cc(Br)ccc3N)C2)c1. The predicted octanol–water partition coefficient (Wildman–Crippen LogP) is 4.83. The molecule has 3 aromatic rings. The number of nitrogens with two attached hydrogens (primary N) is 1. The summed E-state index contributed by atoms with van der Waals surface area (Å²) >= 11 is 3.50. The Hall–Kier alpha value is -3.07. The van der Waals surface area contributed by atoms with E-state index in [9.17, 15) is 4.79 Å². The van der Waals surface area contributed by atoms with Crippen LogP contribution in [-0.4, -0.2) is 41.0 Å². The molecule has 1 fully saturated rings. The predicted molar refractivity (Wildman–Crippen MR) is 136 cm³/mol. The Balaban J connectivity index is 1.38. The van der Waals surface area contributed by atoms with Crippen LogP contribution in [0.5, 0.6) is 5.88 Å². The monoisotopic (exact) mass is 527 g/mol. The molecule has 9 heteroatoms. The number of nitrogen functional groups attached to an aromatic ring is 1. The summed E-state index contributed by atoms with van der Waals surface area (Å²) in [6.07, 6.45) is 5.07. The number of esters is 1. The zero-order valence-corrected chi connectivity index (χ0v) is 21.3. The fourth-order valence-electron chi connectivity index (χ4n) is 4.46. The zero-order valence-electron chi connectivity index (χ0n) is 19.7. The largest absolute Gasteiger partial charge is 0.477 e.